The minimum Gasteiger partial charge on any atom is -0.478 e. The number of rotatable bonds is 13. The van der Waals surface area contributed by atoms with Crippen LogP contribution in [0.1, 0.15) is 57.5 Å². The first-order valence-electron chi connectivity index (χ1n) is 20.9. The van der Waals surface area contributed by atoms with Crippen LogP contribution in [0, 0.1) is 0 Å². The molecular formula is C44H41BrF6N4O12S4. The number of hydrogen-bond donors (Lipinski definition) is 4. The maximum atomic E-state index is 13.9. The van der Waals surface area contributed by atoms with Gasteiger partial charge in [-0.15, -0.1) is 0 Å². The number of hydrogen-bond acceptors (Lipinski definition) is 10. The highest BCUT2D eigenvalue weighted by Crippen LogP contribution is 2.38. The Labute approximate surface area is 412 Å². The lowest BCUT2D eigenvalue weighted by molar-refractivity contribution is -0.140. The fourth-order valence-corrected chi connectivity index (χ4v) is 14.0. The van der Waals surface area contributed by atoms with Gasteiger partial charge in [-0.3, -0.25) is 0 Å². The number of carboxylic acid groups (broad SMARTS) is 2. The maximum absolute atomic E-state index is 13.9. The van der Waals surface area contributed by atoms with Gasteiger partial charge in [-0.05, 0) is 110 Å². The summed E-state index contributed by atoms with van der Waals surface area (Å²) >= 11 is 2.90. The van der Waals surface area contributed by atoms with Gasteiger partial charge in [0, 0.05) is 42.7 Å². The zero-order chi connectivity index (χ0) is 52.3. The third-order valence-corrected chi connectivity index (χ3v) is 18.7. The van der Waals surface area contributed by atoms with Gasteiger partial charge in [0.2, 0.25) is 40.1 Å². The van der Waals surface area contributed by atoms with Crippen LogP contribution >= 0.6 is 15.9 Å². The SMILES string of the molecule is O=C(O)c1ccc(S(=O)(=O)N2CCC(NS(=O)(=O)c3ccc(Br)cc3C(F)(F)F)CC2)cc1.O=C(O)c1cccc(S(=O)(=O)N2CCC(NS(=O)(=O)c3ccc(-c4ccccc4)cc3C(F)(F)F)CC2)c1. The zero-order valence-electron chi connectivity index (χ0n) is 36.4. The molecule has 71 heavy (non-hydrogen) atoms. The number of halogens is 7. The average Bonchev–Trinajstić information content (AvgIpc) is 3.31. The van der Waals surface area contributed by atoms with Gasteiger partial charge in [0.1, 0.15) is 0 Å². The highest BCUT2D eigenvalue weighted by Gasteiger charge is 2.41. The maximum Gasteiger partial charge on any atom is 0.417 e. The van der Waals surface area contributed by atoms with Gasteiger partial charge in [-0.1, -0.05) is 58.4 Å². The number of carboxylic acids is 2. The molecule has 27 heteroatoms. The summed E-state index contributed by atoms with van der Waals surface area (Å²) in [5, 5.41) is 18.0. The number of carbonyl (C=O) groups is 2. The van der Waals surface area contributed by atoms with Crippen molar-refractivity contribution in [2.45, 2.75) is 69.7 Å². The predicted molar refractivity (Wildman–Crippen MR) is 247 cm³/mol. The summed E-state index contributed by atoms with van der Waals surface area (Å²) in [6, 6.07) is 21.9. The third kappa shape index (κ3) is 13.2. The quantitative estimate of drug-likeness (QED) is 0.0838. The fourth-order valence-electron chi connectivity index (χ4n) is 7.61. The molecule has 7 rings (SSSR count). The highest BCUT2D eigenvalue weighted by molar-refractivity contribution is 9.10. The van der Waals surface area contributed by atoms with Crippen LogP contribution in [0.5, 0.6) is 0 Å². The zero-order valence-corrected chi connectivity index (χ0v) is 41.3. The molecule has 0 saturated carbocycles. The van der Waals surface area contributed by atoms with Gasteiger partial charge in [-0.25, -0.2) is 52.7 Å². The number of sulfonamides is 4. The summed E-state index contributed by atoms with van der Waals surface area (Å²) in [6.07, 6.45) is -9.70. The van der Waals surface area contributed by atoms with E-state index in [9.17, 15) is 69.6 Å². The molecule has 382 valence electrons. The van der Waals surface area contributed by atoms with Crippen molar-refractivity contribution in [1.29, 1.82) is 0 Å². The lowest BCUT2D eigenvalue weighted by atomic mass is 10.0. The summed E-state index contributed by atoms with van der Waals surface area (Å²) in [4.78, 5) is 20.0. The Morgan fingerprint density at radius 3 is 1.42 bits per heavy atom. The Bertz CT molecular complexity index is 3240. The van der Waals surface area contributed by atoms with Crippen molar-refractivity contribution >= 4 is 68.0 Å². The standard InChI is InChI=1S/C25H23F3N2O6S2.C19H18BrF3N2O6S2/c26-25(27,28)22-16-18(17-5-2-1-3-6-17)9-10-23(22)37(33,34)29-20-11-13-30(14-12-20)38(35,36)21-8-4-7-19(15-21)24(31)32;20-13-3-6-17(16(11-13)19(21,22)23)32(28,29)24-14-7-9-25(10-8-14)33(30,31)15-4-1-12(2-5-15)18(26)27/h1-10,15-16,20,29H,11-14H2,(H,31,32);1-6,11,14,24H,7-10H2,(H,26,27). The van der Waals surface area contributed by atoms with Gasteiger partial charge in [0.15, 0.2) is 0 Å². The van der Waals surface area contributed by atoms with Crippen LogP contribution in [-0.4, -0.2) is 103 Å². The topological polar surface area (TPSA) is 242 Å². The molecule has 4 N–H and O–H groups in total. The van der Waals surface area contributed by atoms with E-state index in [0.717, 1.165) is 45.0 Å². The molecule has 0 amide bonds. The van der Waals surface area contributed by atoms with Gasteiger partial charge >= 0.3 is 24.3 Å². The molecule has 2 heterocycles. The van der Waals surface area contributed by atoms with Crippen LogP contribution < -0.4 is 9.44 Å². The molecular weight excluding hydrogens is 1100 g/mol. The monoisotopic (exact) mass is 1140 g/mol. The summed E-state index contributed by atoms with van der Waals surface area (Å²) in [7, 11) is -17.1. The molecule has 2 aliphatic heterocycles. The van der Waals surface area contributed by atoms with Crippen molar-refractivity contribution in [2.75, 3.05) is 26.2 Å². The van der Waals surface area contributed by atoms with Crippen LogP contribution in [0.25, 0.3) is 11.1 Å². The van der Waals surface area contributed by atoms with Crippen molar-refractivity contribution < 1.29 is 79.8 Å². The van der Waals surface area contributed by atoms with Crippen molar-refractivity contribution in [3.05, 3.63) is 142 Å². The first-order chi connectivity index (χ1) is 33.0. The second-order valence-electron chi connectivity index (χ2n) is 16.0. The lowest BCUT2D eigenvalue weighted by Gasteiger charge is -2.31. The number of alkyl halides is 6. The summed E-state index contributed by atoms with van der Waals surface area (Å²) in [6.45, 7) is -0.344. The summed E-state index contributed by atoms with van der Waals surface area (Å²) in [5.41, 5.74) is -2.18. The van der Waals surface area contributed by atoms with E-state index in [2.05, 4.69) is 25.4 Å². The largest absolute Gasteiger partial charge is 0.478 e. The van der Waals surface area contributed by atoms with Gasteiger partial charge in [-0.2, -0.15) is 35.0 Å². The molecule has 0 spiro atoms. The van der Waals surface area contributed by atoms with E-state index >= 15 is 0 Å². The molecule has 0 unspecified atom stereocenters. The molecule has 0 bridgehead atoms. The molecule has 2 aliphatic rings. The molecule has 16 nitrogen and oxygen atoms in total. The molecule has 5 aromatic carbocycles. The van der Waals surface area contributed by atoms with E-state index in [-0.39, 0.29) is 82.8 Å². The smallest absolute Gasteiger partial charge is 0.417 e. The predicted octanol–water partition coefficient (Wildman–Crippen LogP) is 7.50. The summed E-state index contributed by atoms with van der Waals surface area (Å²) < 4.78 is 191. The Morgan fingerprint density at radius 2 is 0.958 bits per heavy atom. The van der Waals surface area contributed by atoms with Crippen molar-refractivity contribution in [3.63, 3.8) is 0 Å². The van der Waals surface area contributed by atoms with Crippen LogP contribution in [-0.2, 0) is 52.4 Å². The van der Waals surface area contributed by atoms with E-state index in [1.165, 1.54) is 42.5 Å². The van der Waals surface area contributed by atoms with Crippen LogP contribution in [0.4, 0.5) is 26.3 Å². The van der Waals surface area contributed by atoms with Crippen molar-refractivity contribution in [1.82, 2.24) is 18.1 Å². The molecule has 0 aliphatic carbocycles. The number of aromatic carboxylic acids is 2. The van der Waals surface area contributed by atoms with Crippen molar-refractivity contribution in [2.24, 2.45) is 0 Å². The second-order valence-corrected chi connectivity index (χ2v) is 24.1. The first kappa shape index (κ1) is 55.1. The fraction of sp³-hybridized carbons (Fsp3) is 0.273. The van der Waals surface area contributed by atoms with E-state index in [1.54, 1.807) is 30.3 Å². The summed E-state index contributed by atoms with van der Waals surface area (Å²) in [5.74, 6) is -2.49. The van der Waals surface area contributed by atoms with E-state index in [4.69, 9.17) is 10.2 Å². The van der Waals surface area contributed by atoms with Crippen LogP contribution in [0.3, 0.4) is 0 Å². The molecule has 2 saturated heterocycles. The first-order valence-corrected chi connectivity index (χ1v) is 27.5. The number of benzene rings is 5. The van der Waals surface area contributed by atoms with Gasteiger partial charge in [0.25, 0.3) is 0 Å². The van der Waals surface area contributed by atoms with Gasteiger partial charge < -0.3 is 10.2 Å². The number of nitrogens with zero attached hydrogens (tertiary/aromatic N) is 2. The van der Waals surface area contributed by atoms with Gasteiger partial charge in [0.05, 0.1) is 41.8 Å². The average molecular weight is 1140 g/mol. The molecule has 2 fully saturated rings. The lowest BCUT2D eigenvalue weighted by Crippen LogP contribution is -2.46. The van der Waals surface area contributed by atoms with Crippen LogP contribution in [0.15, 0.2) is 139 Å². The number of piperidine rings is 2. The van der Waals surface area contributed by atoms with E-state index < -0.39 is 97.4 Å². The number of nitrogens with one attached hydrogen (secondary N) is 2. The minimum absolute atomic E-state index is 0.0144. The Balaban J connectivity index is 0.000000235. The molecule has 0 aromatic heterocycles. The highest BCUT2D eigenvalue weighted by atomic mass is 79.9. The normalized spacial score (nSPS) is 16.2. The molecule has 5 aromatic rings. The Hall–Kier alpha value is -5.26. The van der Waals surface area contributed by atoms with Crippen LogP contribution in [0.2, 0.25) is 0 Å². The molecule has 0 radical (unpaired) electrons. The van der Waals surface area contributed by atoms with E-state index in [1.807, 2.05) is 0 Å². The Morgan fingerprint density at radius 1 is 0.507 bits per heavy atom. The Kier molecular flexibility index (Phi) is 16.6. The second kappa shape index (κ2) is 21.4. The molecule has 0 atom stereocenters. The third-order valence-electron chi connectivity index (χ3n) is 11.2. The minimum atomic E-state index is -4.93. The van der Waals surface area contributed by atoms with Crippen molar-refractivity contribution in [3.8, 4) is 11.1 Å². The van der Waals surface area contributed by atoms with E-state index in [0.29, 0.717) is 11.6 Å².